The van der Waals surface area contributed by atoms with Gasteiger partial charge in [-0.3, -0.25) is 9.78 Å². The Morgan fingerprint density at radius 2 is 1.79 bits per heavy atom. The minimum absolute atomic E-state index is 0.145. The van der Waals surface area contributed by atoms with E-state index in [0.717, 1.165) is 43.3 Å². The zero-order chi connectivity index (χ0) is 20.4. The van der Waals surface area contributed by atoms with Crippen molar-refractivity contribution in [2.45, 2.75) is 38.5 Å². The average molecular weight is 394 g/mol. The van der Waals surface area contributed by atoms with Crippen LogP contribution in [0.5, 0.6) is 0 Å². The maximum atomic E-state index is 13.4. The lowest BCUT2D eigenvalue weighted by Crippen LogP contribution is -2.29. The molecule has 0 aliphatic heterocycles. The molecule has 1 aliphatic carbocycles. The van der Waals surface area contributed by atoms with Crippen molar-refractivity contribution in [3.63, 3.8) is 0 Å². The van der Waals surface area contributed by atoms with Gasteiger partial charge in [0.1, 0.15) is 0 Å². The Morgan fingerprint density at radius 3 is 2.55 bits per heavy atom. The molecule has 1 amide bonds. The highest BCUT2D eigenvalue weighted by Gasteiger charge is 2.30. The zero-order valence-electron chi connectivity index (χ0n) is 16.4. The quantitative estimate of drug-likeness (QED) is 0.584. The summed E-state index contributed by atoms with van der Waals surface area (Å²) in [6.07, 6.45) is 5.87. The number of anilines is 1. The van der Waals surface area contributed by atoms with Crippen LogP contribution in [0.25, 0.3) is 10.9 Å². The zero-order valence-corrected chi connectivity index (χ0v) is 16.4. The van der Waals surface area contributed by atoms with Crippen molar-refractivity contribution in [3.05, 3.63) is 71.9 Å². The molecule has 29 heavy (non-hydrogen) atoms. The first-order chi connectivity index (χ1) is 14.0. The Kier molecular flexibility index (Phi) is 5.56. The van der Waals surface area contributed by atoms with Gasteiger partial charge in [-0.05, 0) is 67.3 Å². The third-order valence-corrected chi connectivity index (χ3v) is 6.20. The topological polar surface area (TPSA) is 42.0 Å². The molecule has 1 aliphatic rings. The number of nitrogens with zero attached hydrogens (tertiary/aromatic N) is 1. The van der Waals surface area contributed by atoms with E-state index in [1.807, 2.05) is 31.3 Å². The third-order valence-electron chi connectivity index (χ3n) is 6.20. The van der Waals surface area contributed by atoms with Crippen LogP contribution in [0.15, 0.2) is 54.7 Å². The minimum Gasteiger partial charge on any atom is -0.326 e. The van der Waals surface area contributed by atoms with Crippen molar-refractivity contribution in [2.24, 2.45) is 11.8 Å². The summed E-state index contributed by atoms with van der Waals surface area (Å²) in [5.41, 5.74) is 2.65. The molecule has 1 saturated carbocycles. The lowest BCUT2D eigenvalue weighted by molar-refractivity contribution is -0.121. The van der Waals surface area contributed by atoms with E-state index in [1.54, 1.807) is 0 Å². The molecule has 1 heterocycles. The van der Waals surface area contributed by atoms with Crippen LogP contribution >= 0.6 is 0 Å². The van der Waals surface area contributed by atoms with Gasteiger partial charge in [0.2, 0.25) is 5.91 Å². The third kappa shape index (κ3) is 4.14. The summed E-state index contributed by atoms with van der Waals surface area (Å²) in [6, 6.07) is 13.8. The highest BCUT2D eigenvalue weighted by Crippen LogP contribution is 2.40. The van der Waals surface area contributed by atoms with Crippen LogP contribution in [0.3, 0.4) is 0 Å². The number of rotatable bonds is 4. The second-order valence-corrected chi connectivity index (χ2v) is 7.94. The number of aromatic nitrogens is 1. The van der Waals surface area contributed by atoms with E-state index in [2.05, 4.69) is 22.4 Å². The van der Waals surface area contributed by atoms with E-state index >= 15 is 0 Å². The summed E-state index contributed by atoms with van der Waals surface area (Å²) in [7, 11) is 0. The van der Waals surface area contributed by atoms with Crippen LogP contribution in [-0.2, 0) is 4.79 Å². The van der Waals surface area contributed by atoms with Gasteiger partial charge in [-0.2, -0.15) is 0 Å². The van der Waals surface area contributed by atoms with Crippen LogP contribution in [0.2, 0.25) is 0 Å². The fourth-order valence-corrected chi connectivity index (χ4v) is 4.45. The van der Waals surface area contributed by atoms with E-state index in [0.29, 0.717) is 5.92 Å². The highest BCUT2D eigenvalue weighted by molar-refractivity contribution is 5.92. The van der Waals surface area contributed by atoms with Crippen molar-refractivity contribution in [1.82, 2.24) is 4.98 Å². The van der Waals surface area contributed by atoms with Crippen molar-refractivity contribution in [2.75, 3.05) is 5.32 Å². The first-order valence-corrected chi connectivity index (χ1v) is 10.1. The Morgan fingerprint density at radius 1 is 1.03 bits per heavy atom. The molecule has 3 aromatic rings. The average Bonchev–Trinajstić information content (AvgIpc) is 2.75. The molecule has 0 bridgehead atoms. The van der Waals surface area contributed by atoms with Gasteiger partial charge in [0.25, 0.3) is 0 Å². The van der Waals surface area contributed by atoms with Gasteiger partial charge in [0.05, 0.1) is 5.52 Å². The standard InChI is InChI=1S/C24H24F2N2O/c1-15(24(29)28-18-10-11-21(25)22(26)14-18)16-6-8-17(9-7-16)19-12-13-27-23-5-3-2-4-20(19)23/h2-5,10-17H,6-9H2,1H3,(H,28,29)/t15-,16?,17?/m1/s1. The Bertz CT molecular complexity index is 1020. The molecule has 0 radical (unpaired) electrons. The number of pyridine rings is 1. The molecular weight excluding hydrogens is 370 g/mol. The van der Waals surface area contributed by atoms with Gasteiger partial charge < -0.3 is 5.32 Å². The first-order valence-electron chi connectivity index (χ1n) is 10.1. The molecule has 1 aromatic heterocycles. The number of amides is 1. The first kappa shape index (κ1) is 19.5. The predicted octanol–water partition coefficient (Wildman–Crippen LogP) is 6.06. The molecule has 2 aromatic carbocycles. The summed E-state index contributed by atoms with van der Waals surface area (Å²) in [4.78, 5) is 17.1. The fraction of sp³-hybridized carbons (Fsp3) is 0.333. The molecule has 5 heteroatoms. The summed E-state index contributed by atoms with van der Waals surface area (Å²) in [5.74, 6) is -1.45. The lowest BCUT2D eigenvalue weighted by Gasteiger charge is -2.32. The Hall–Kier alpha value is -2.82. The normalized spacial score (nSPS) is 20.4. The van der Waals surface area contributed by atoms with Gasteiger partial charge in [0, 0.05) is 29.3 Å². The molecule has 1 fully saturated rings. The van der Waals surface area contributed by atoms with E-state index in [9.17, 15) is 13.6 Å². The van der Waals surface area contributed by atoms with Crippen LogP contribution in [0.4, 0.5) is 14.5 Å². The number of benzene rings is 2. The Labute approximate surface area is 169 Å². The van der Waals surface area contributed by atoms with Crippen LogP contribution in [-0.4, -0.2) is 10.9 Å². The van der Waals surface area contributed by atoms with E-state index < -0.39 is 11.6 Å². The molecule has 0 spiro atoms. The summed E-state index contributed by atoms with van der Waals surface area (Å²) in [5, 5.41) is 3.93. The van der Waals surface area contributed by atoms with Gasteiger partial charge in [-0.15, -0.1) is 0 Å². The number of carbonyl (C=O) groups is 1. The van der Waals surface area contributed by atoms with E-state index in [1.165, 1.54) is 17.0 Å². The van der Waals surface area contributed by atoms with Crippen LogP contribution in [0.1, 0.15) is 44.1 Å². The van der Waals surface area contributed by atoms with E-state index in [-0.39, 0.29) is 23.4 Å². The van der Waals surface area contributed by atoms with Gasteiger partial charge in [-0.1, -0.05) is 25.1 Å². The van der Waals surface area contributed by atoms with Crippen molar-refractivity contribution < 1.29 is 13.6 Å². The number of hydrogen-bond donors (Lipinski definition) is 1. The second-order valence-electron chi connectivity index (χ2n) is 7.94. The highest BCUT2D eigenvalue weighted by atomic mass is 19.2. The molecule has 150 valence electrons. The van der Waals surface area contributed by atoms with Gasteiger partial charge in [-0.25, -0.2) is 8.78 Å². The summed E-state index contributed by atoms with van der Waals surface area (Å²) < 4.78 is 26.4. The maximum absolute atomic E-state index is 13.4. The van der Waals surface area contributed by atoms with Crippen molar-refractivity contribution >= 4 is 22.5 Å². The second kappa shape index (κ2) is 8.27. The molecule has 1 atom stereocenters. The number of carbonyl (C=O) groups excluding carboxylic acids is 1. The smallest absolute Gasteiger partial charge is 0.227 e. The molecule has 1 N–H and O–H groups in total. The van der Waals surface area contributed by atoms with Gasteiger partial charge >= 0.3 is 0 Å². The summed E-state index contributed by atoms with van der Waals surface area (Å²) >= 11 is 0. The Balaban J connectivity index is 1.39. The number of para-hydroxylation sites is 1. The molecule has 4 rings (SSSR count). The van der Waals surface area contributed by atoms with Crippen LogP contribution < -0.4 is 5.32 Å². The van der Waals surface area contributed by atoms with Crippen molar-refractivity contribution in [1.29, 1.82) is 0 Å². The molecule has 3 nitrogen and oxygen atoms in total. The fourth-order valence-electron chi connectivity index (χ4n) is 4.45. The molecular formula is C24H24F2N2O. The largest absolute Gasteiger partial charge is 0.326 e. The number of hydrogen-bond acceptors (Lipinski definition) is 2. The SMILES string of the molecule is C[C@@H](C(=O)Nc1ccc(F)c(F)c1)C1CCC(c2ccnc3ccccc23)CC1. The number of halogens is 2. The molecule has 0 saturated heterocycles. The summed E-state index contributed by atoms with van der Waals surface area (Å²) in [6.45, 7) is 1.92. The number of fused-ring (bicyclic) bond motifs is 1. The number of nitrogens with one attached hydrogen (secondary N) is 1. The lowest BCUT2D eigenvalue weighted by atomic mass is 9.73. The van der Waals surface area contributed by atoms with E-state index in [4.69, 9.17) is 0 Å². The van der Waals surface area contributed by atoms with Gasteiger partial charge in [0.15, 0.2) is 11.6 Å². The monoisotopic (exact) mass is 394 g/mol. The van der Waals surface area contributed by atoms with Crippen LogP contribution in [0, 0.1) is 23.5 Å². The minimum atomic E-state index is -0.958. The predicted molar refractivity (Wildman–Crippen MR) is 111 cm³/mol. The van der Waals surface area contributed by atoms with Crippen molar-refractivity contribution in [3.8, 4) is 0 Å². The maximum Gasteiger partial charge on any atom is 0.227 e. The molecule has 0 unspecified atom stereocenters.